The average molecular weight is 367 g/mol. The molecule has 0 radical (unpaired) electrons. The Labute approximate surface area is 147 Å². The Hall–Kier alpha value is -2.48. The molecule has 0 bridgehead atoms. The van der Waals surface area contributed by atoms with Crippen molar-refractivity contribution in [3.63, 3.8) is 0 Å². The molecular weight excluding hydrogens is 351 g/mol. The van der Waals surface area contributed by atoms with Gasteiger partial charge < -0.3 is 10.5 Å². The minimum absolute atomic E-state index is 0.0595. The van der Waals surface area contributed by atoms with E-state index < -0.39 is 11.7 Å². The molecule has 2 aromatic rings. The molecule has 2 aromatic carbocycles. The first-order valence-electron chi connectivity index (χ1n) is 7.19. The topological polar surface area (TPSA) is 60.0 Å². The minimum Gasteiger partial charge on any atom is -0.496 e. The number of benzene rings is 2. The number of ether oxygens (including phenoxy) is 1. The maximum Gasteiger partial charge on any atom is 0.417 e. The molecular formula is C17H16F3N3OS. The van der Waals surface area contributed by atoms with Crippen LogP contribution >= 0.6 is 11.8 Å². The molecule has 0 atom stereocenters. The van der Waals surface area contributed by atoms with Crippen molar-refractivity contribution in [1.29, 1.82) is 0 Å². The zero-order valence-electron chi connectivity index (χ0n) is 13.3. The molecule has 0 saturated carbocycles. The van der Waals surface area contributed by atoms with E-state index in [0.29, 0.717) is 5.75 Å². The van der Waals surface area contributed by atoms with Gasteiger partial charge >= 0.3 is 6.18 Å². The third kappa shape index (κ3) is 5.53. The third-order valence-electron chi connectivity index (χ3n) is 3.16. The van der Waals surface area contributed by atoms with Crippen LogP contribution in [0.3, 0.4) is 0 Å². The first-order chi connectivity index (χ1) is 11.9. The SMILES string of the molecule is COc1cccc(C(F)(F)F)c1C=NN=C(N)SCc1ccccc1. The van der Waals surface area contributed by atoms with Crippen LogP contribution in [-0.4, -0.2) is 18.5 Å². The van der Waals surface area contributed by atoms with Gasteiger partial charge in [-0.1, -0.05) is 48.2 Å². The van der Waals surface area contributed by atoms with Crippen LogP contribution in [-0.2, 0) is 11.9 Å². The van der Waals surface area contributed by atoms with Crippen molar-refractivity contribution in [2.45, 2.75) is 11.9 Å². The Bertz CT molecular complexity index is 761. The number of alkyl halides is 3. The fourth-order valence-corrected chi connectivity index (χ4v) is 2.62. The van der Waals surface area contributed by atoms with Crippen LogP contribution in [0, 0.1) is 0 Å². The normalized spacial score (nSPS) is 12.6. The lowest BCUT2D eigenvalue weighted by molar-refractivity contribution is -0.137. The highest BCUT2D eigenvalue weighted by Gasteiger charge is 2.34. The molecule has 8 heteroatoms. The van der Waals surface area contributed by atoms with Gasteiger partial charge in [0.25, 0.3) is 0 Å². The maximum atomic E-state index is 13.1. The van der Waals surface area contributed by atoms with Gasteiger partial charge in [0.15, 0.2) is 5.17 Å². The van der Waals surface area contributed by atoms with E-state index >= 15 is 0 Å². The van der Waals surface area contributed by atoms with Crippen LogP contribution in [0.5, 0.6) is 5.75 Å². The van der Waals surface area contributed by atoms with Gasteiger partial charge in [0.05, 0.1) is 18.9 Å². The van der Waals surface area contributed by atoms with Gasteiger partial charge in [-0.3, -0.25) is 0 Å². The molecule has 132 valence electrons. The Morgan fingerprint density at radius 1 is 1.16 bits per heavy atom. The Morgan fingerprint density at radius 3 is 2.52 bits per heavy atom. The second-order valence-corrected chi connectivity index (χ2v) is 5.87. The third-order valence-corrected chi connectivity index (χ3v) is 4.02. The van der Waals surface area contributed by atoms with E-state index in [1.807, 2.05) is 30.3 Å². The molecule has 0 unspecified atom stereocenters. The highest BCUT2D eigenvalue weighted by Crippen LogP contribution is 2.35. The molecule has 0 amide bonds. The van der Waals surface area contributed by atoms with Crippen molar-refractivity contribution in [2.24, 2.45) is 15.9 Å². The van der Waals surface area contributed by atoms with Gasteiger partial charge in [-0.15, -0.1) is 5.10 Å². The number of methoxy groups -OCH3 is 1. The zero-order chi connectivity index (χ0) is 18.3. The van der Waals surface area contributed by atoms with Crippen LogP contribution in [0.4, 0.5) is 13.2 Å². The summed E-state index contributed by atoms with van der Waals surface area (Å²) in [6.07, 6.45) is -3.52. The second-order valence-electron chi connectivity index (χ2n) is 4.88. The molecule has 0 heterocycles. The molecule has 25 heavy (non-hydrogen) atoms. The van der Waals surface area contributed by atoms with E-state index in [0.717, 1.165) is 17.8 Å². The first kappa shape index (κ1) is 18.9. The first-order valence-corrected chi connectivity index (χ1v) is 8.18. The summed E-state index contributed by atoms with van der Waals surface area (Å²) in [7, 11) is 1.29. The molecule has 0 aliphatic heterocycles. The predicted molar refractivity (Wildman–Crippen MR) is 94.9 cm³/mol. The van der Waals surface area contributed by atoms with Gasteiger partial charge in [-0.25, -0.2) is 0 Å². The minimum atomic E-state index is -4.52. The summed E-state index contributed by atoms with van der Waals surface area (Å²) in [5.74, 6) is 0.651. The number of rotatable bonds is 5. The summed E-state index contributed by atoms with van der Waals surface area (Å²) in [4.78, 5) is 0. The number of nitrogens with two attached hydrogens (primary N) is 1. The lowest BCUT2D eigenvalue weighted by atomic mass is 10.1. The van der Waals surface area contributed by atoms with Crippen molar-refractivity contribution >= 4 is 23.1 Å². The van der Waals surface area contributed by atoms with Crippen molar-refractivity contribution in [1.82, 2.24) is 0 Å². The molecule has 0 aromatic heterocycles. The summed E-state index contributed by atoms with van der Waals surface area (Å²) < 4.78 is 44.2. The highest BCUT2D eigenvalue weighted by molar-refractivity contribution is 8.13. The zero-order valence-corrected chi connectivity index (χ0v) is 14.1. The van der Waals surface area contributed by atoms with Crippen LogP contribution in [0.1, 0.15) is 16.7 Å². The molecule has 0 aliphatic rings. The Balaban J connectivity index is 2.13. The second kappa shape index (κ2) is 8.57. The predicted octanol–water partition coefficient (Wildman–Crippen LogP) is 4.30. The van der Waals surface area contributed by atoms with Gasteiger partial charge in [0.1, 0.15) is 5.75 Å². The van der Waals surface area contributed by atoms with E-state index in [1.165, 1.54) is 31.0 Å². The molecule has 2 rings (SSSR count). The smallest absolute Gasteiger partial charge is 0.417 e. The Morgan fingerprint density at radius 2 is 1.88 bits per heavy atom. The fraction of sp³-hybridized carbons (Fsp3) is 0.176. The van der Waals surface area contributed by atoms with E-state index in [1.54, 1.807) is 0 Å². The number of nitrogens with zero attached hydrogens (tertiary/aromatic N) is 2. The van der Waals surface area contributed by atoms with Crippen LogP contribution in [0.15, 0.2) is 58.7 Å². The van der Waals surface area contributed by atoms with Crippen molar-refractivity contribution in [3.8, 4) is 5.75 Å². The summed E-state index contributed by atoms with van der Waals surface area (Å²) in [5, 5.41) is 7.57. The monoisotopic (exact) mass is 367 g/mol. The quantitative estimate of drug-likeness (QED) is 0.487. The molecule has 0 saturated heterocycles. The summed E-state index contributed by atoms with van der Waals surface area (Å²) in [6.45, 7) is 0. The lowest BCUT2D eigenvalue weighted by Gasteiger charge is -2.12. The summed E-state index contributed by atoms with van der Waals surface area (Å²) in [5.41, 5.74) is 5.74. The Kier molecular flexibility index (Phi) is 6.46. The lowest BCUT2D eigenvalue weighted by Crippen LogP contribution is -2.10. The summed E-state index contributed by atoms with van der Waals surface area (Å²) in [6, 6.07) is 13.2. The van der Waals surface area contributed by atoms with Gasteiger partial charge in [0.2, 0.25) is 0 Å². The van der Waals surface area contributed by atoms with E-state index in [9.17, 15) is 13.2 Å². The van der Waals surface area contributed by atoms with Gasteiger partial charge in [-0.05, 0) is 17.7 Å². The highest BCUT2D eigenvalue weighted by atomic mass is 32.2. The number of amidine groups is 1. The van der Waals surface area contributed by atoms with E-state index in [2.05, 4.69) is 10.2 Å². The summed E-state index contributed by atoms with van der Waals surface area (Å²) >= 11 is 1.24. The van der Waals surface area contributed by atoms with E-state index in [-0.39, 0.29) is 16.5 Å². The molecule has 4 nitrogen and oxygen atoms in total. The molecule has 0 fully saturated rings. The van der Waals surface area contributed by atoms with Gasteiger partial charge in [0, 0.05) is 11.3 Å². The van der Waals surface area contributed by atoms with Crippen molar-refractivity contribution in [3.05, 3.63) is 65.2 Å². The number of hydrogen-bond acceptors (Lipinski definition) is 4. The standard InChI is InChI=1S/C17H16F3N3OS/c1-24-15-9-5-8-14(17(18,19)20)13(15)10-22-23-16(21)25-11-12-6-3-2-4-7-12/h2-10H,11H2,1H3,(H2,21,23). The fourth-order valence-electron chi connectivity index (χ4n) is 2.01. The van der Waals surface area contributed by atoms with Crippen LogP contribution < -0.4 is 10.5 Å². The van der Waals surface area contributed by atoms with Crippen molar-refractivity contribution in [2.75, 3.05) is 7.11 Å². The van der Waals surface area contributed by atoms with Crippen LogP contribution in [0.2, 0.25) is 0 Å². The van der Waals surface area contributed by atoms with Crippen molar-refractivity contribution < 1.29 is 17.9 Å². The van der Waals surface area contributed by atoms with Crippen LogP contribution in [0.25, 0.3) is 0 Å². The van der Waals surface area contributed by atoms with Gasteiger partial charge in [-0.2, -0.15) is 18.3 Å². The average Bonchev–Trinajstić information content (AvgIpc) is 2.60. The molecule has 2 N–H and O–H groups in total. The number of halogens is 3. The molecule has 0 spiro atoms. The number of thioether (sulfide) groups is 1. The van der Waals surface area contributed by atoms with E-state index in [4.69, 9.17) is 10.5 Å². The molecule has 0 aliphatic carbocycles. The number of hydrogen-bond donors (Lipinski definition) is 1. The maximum absolute atomic E-state index is 13.1. The largest absolute Gasteiger partial charge is 0.496 e.